The number of hydrogen-bond acceptors (Lipinski definition) is 1. The molecule has 4 rings (SSSR count). The third-order valence-electron chi connectivity index (χ3n) is 5.09. The van der Waals surface area contributed by atoms with Crippen LogP contribution in [0.25, 0.3) is 0 Å². The Morgan fingerprint density at radius 2 is 1.63 bits per heavy atom. The van der Waals surface area contributed by atoms with E-state index >= 15 is 0 Å². The summed E-state index contributed by atoms with van der Waals surface area (Å²) in [6.07, 6.45) is 5.82. The zero-order valence-corrected chi connectivity index (χ0v) is 13.8. The van der Waals surface area contributed by atoms with Crippen LogP contribution in [-0.2, 0) is 0 Å². The molecule has 2 atom stereocenters. The van der Waals surface area contributed by atoms with E-state index in [4.69, 9.17) is 0 Å². The fourth-order valence-electron chi connectivity index (χ4n) is 4.31. The van der Waals surface area contributed by atoms with Gasteiger partial charge in [-0.2, -0.15) is 0 Å². The largest absolute Gasteiger partial charge is 0.319 e. The lowest BCUT2D eigenvalue weighted by Crippen LogP contribution is -2.42. The molecule has 0 radical (unpaired) electrons. The molecular weight excluding hydrogens is 322 g/mol. The molecule has 0 unspecified atom stereocenters. The molecule has 1 N–H and O–H groups in total. The van der Waals surface area contributed by atoms with E-state index in [1.54, 1.807) is 5.56 Å². The molecule has 0 heterocycles. The fourth-order valence-corrected chi connectivity index (χ4v) is 4.57. The summed E-state index contributed by atoms with van der Waals surface area (Å²) in [5.74, 6) is 3.52. The third kappa shape index (κ3) is 3.01. The van der Waals surface area contributed by atoms with Crippen molar-refractivity contribution in [3.8, 4) is 0 Å². The second kappa shape index (κ2) is 6.60. The van der Waals surface area contributed by atoms with E-state index in [-0.39, 0.29) is 12.4 Å². The molecule has 19 heavy (non-hydrogen) atoms. The quantitative estimate of drug-likeness (QED) is 0.844. The Labute approximate surface area is 131 Å². The molecule has 3 aliphatic carbocycles. The monoisotopic (exact) mass is 343 g/mol. The first-order chi connectivity index (χ1) is 8.79. The van der Waals surface area contributed by atoms with Crippen LogP contribution in [0.15, 0.2) is 28.7 Å². The van der Waals surface area contributed by atoms with Crippen LogP contribution in [0.3, 0.4) is 0 Å². The van der Waals surface area contributed by atoms with Gasteiger partial charge in [0.1, 0.15) is 0 Å². The van der Waals surface area contributed by atoms with E-state index in [0.29, 0.717) is 0 Å². The fraction of sp³-hybridized carbons (Fsp3) is 0.625. The van der Waals surface area contributed by atoms with Crippen molar-refractivity contribution in [2.24, 2.45) is 17.8 Å². The van der Waals surface area contributed by atoms with Crippen LogP contribution >= 0.6 is 28.3 Å². The first-order valence-electron chi connectivity index (χ1n) is 7.19. The normalized spacial score (nSPS) is 32.9. The van der Waals surface area contributed by atoms with E-state index < -0.39 is 0 Å². The van der Waals surface area contributed by atoms with E-state index in [1.807, 2.05) is 0 Å². The molecule has 0 aromatic heterocycles. The van der Waals surface area contributed by atoms with Crippen LogP contribution in [-0.4, -0.2) is 13.6 Å². The smallest absolute Gasteiger partial charge is 0.0175 e. The predicted molar refractivity (Wildman–Crippen MR) is 87.0 cm³/mol. The summed E-state index contributed by atoms with van der Waals surface area (Å²) >= 11 is 3.54. The molecular formula is C16H23BrClN. The zero-order chi connectivity index (χ0) is 12.5. The molecule has 0 saturated heterocycles. The molecule has 1 aromatic carbocycles. The summed E-state index contributed by atoms with van der Waals surface area (Å²) in [5.41, 5.74) is 1.56. The first kappa shape index (κ1) is 15.3. The molecule has 0 spiro atoms. The minimum atomic E-state index is 0. The van der Waals surface area contributed by atoms with Crippen molar-refractivity contribution in [1.29, 1.82) is 0 Å². The van der Waals surface area contributed by atoms with Crippen LogP contribution in [0.1, 0.15) is 37.2 Å². The first-order valence-corrected chi connectivity index (χ1v) is 7.99. The molecule has 0 amide bonds. The van der Waals surface area contributed by atoms with Gasteiger partial charge in [-0.25, -0.2) is 0 Å². The number of benzene rings is 1. The van der Waals surface area contributed by atoms with Gasteiger partial charge in [0, 0.05) is 4.47 Å². The lowest BCUT2D eigenvalue weighted by atomic mass is 9.57. The number of nitrogens with one attached hydrogen (secondary N) is 1. The lowest BCUT2D eigenvalue weighted by molar-refractivity contribution is 0.0687. The summed E-state index contributed by atoms with van der Waals surface area (Å²) in [6.45, 7) is 1.18. The lowest BCUT2D eigenvalue weighted by Gasteiger charge is -2.49. The van der Waals surface area contributed by atoms with Gasteiger partial charge in [0.2, 0.25) is 0 Å². The number of halogens is 2. The van der Waals surface area contributed by atoms with Gasteiger partial charge >= 0.3 is 0 Å². The minimum absolute atomic E-state index is 0. The molecule has 2 bridgehead atoms. The van der Waals surface area contributed by atoms with Gasteiger partial charge < -0.3 is 5.32 Å². The van der Waals surface area contributed by atoms with Gasteiger partial charge in [-0.3, -0.25) is 0 Å². The number of hydrogen-bond donors (Lipinski definition) is 1. The Hall–Kier alpha value is -0.0500. The highest BCUT2D eigenvalue weighted by Gasteiger charge is 2.43. The van der Waals surface area contributed by atoms with Crippen molar-refractivity contribution in [2.75, 3.05) is 13.6 Å². The maximum absolute atomic E-state index is 3.54. The summed E-state index contributed by atoms with van der Waals surface area (Å²) in [5, 5.41) is 3.42. The van der Waals surface area contributed by atoms with Crippen molar-refractivity contribution >= 4 is 28.3 Å². The molecule has 3 saturated carbocycles. The highest BCUT2D eigenvalue weighted by atomic mass is 79.9. The molecule has 3 heteroatoms. The SMILES string of the molecule is CNC[C@@H]1C2CCC(CC2)[C@@H]1c1ccc(Br)cc1.Cl. The van der Waals surface area contributed by atoms with E-state index in [1.165, 1.54) is 36.7 Å². The van der Waals surface area contributed by atoms with Gasteiger partial charge in [-0.1, -0.05) is 28.1 Å². The highest BCUT2D eigenvalue weighted by molar-refractivity contribution is 9.10. The second-order valence-corrected chi connectivity index (χ2v) is 6.89. The van der Waals surface area contributed by atoms with Gasteiger partial charge in [0.25, 0.3) is 0 Å². The van der Waals surface area contributed by atoms with Crippen molar-refractivity contribution in [2.45, 2.75) is 31.6 Å². The average molecular weight is 345 g/mol. The van der Waals surface area contributed by atoms with Gasteiger partial charge in [-0.15, -0.1) is 12.4 Å². The summed E-state index contributed by atoms with van der Waals surface area (Å²) in [4.78, 5) is 0. The molecule has 1 aromatic rings. The summed E-state index contributed by atoms with van der Waals surface area (Å²) < 4.78 is 1.19. The highest BCUT2D eigenvalue weighted by Crippen LogP contribution is 2.53. The van der Waals surface area contributed by atoms with Crippen molar-refractivity contribution in [3.63, 3.8) is 0 Å². The molecule has 106 valence electrons. The van der Waals surface area contributed by atoms with Gasteiger partial charge in [0.15, 0.2) is 0 Å². The maximum atomic E-state index is 3.54. The molecule has 1 nitrogen and oxygen atoms in total. The van der Waals surface area contributed by atoms with Crippen LogP contribution in [0, 0.1) is 17.8 Å². The maximum Gasteiger partial charge on any atom is 0.0175 e. The van der Waals surface area contributed by atoms with Crippen LogP contribution in [0.4, 0.5) is 0 Å². The van der Waals surface area contributed by atoms with Crippen LogP contribution in [0.5, 0.6) is 0 Å². The molecule has 3 fully saturated rings. The van der Waals surface area contributed by atoms with Gasteiger partial charge in [0.05, 0.1) is 0 Å². The van der Waals surface area contributed by atoms with Crippen LogP contribution in [0.2, 0.25) is 0 Å². The Bertz CT molecular complexity index is 398. The summed E-state index contributed by atoms with van der Waals surface area (Å²) in [7, 11) is 2.10. The number of rotatable bonds is 3. The average Bonchev–Trinajstić information content (AvgIpc) is 2.42. The Kier molecular flexibility index (Phi) is 5.33. The Morgan fingerprint density at radius 3 is 2.21 bits per heavy atom. The van der Waals surface area contributed by atoms with E-state index in [2.05, 4.69) is 52.6 Å². The molecule has 0 aliphatic heterocycles. The second-order valence-electron chi connectivity index (χ2n) is 5.97. The number of fused-ring (bicyclic) bond motifs is 3. The topological polar surface area (TPSA) is 12.0 Å². The van der Waals surface area contributed by atoms with Crippen molar-refractivity contribution < 1.29 is 0 Å². The standard InChI is InChI=1S/C16H22BrN.ClH/c1-18-10-15-11-2-4-12(5-3-11)16(15)13-6-8-14(17)9-7-13;/h6-9,11-12,15-16,18H,2-5,10H2,1H3;1H/t11?,12?,15-,16-;/m1./s1. The third-order valence-corrected chi connectivity index (χ3v) is 5.61. The van der Waals surface area contributed by atoms with E-state index in [0.717, 1.165) is 23.7 Å². The Morgan fingerprint density at radius 1 is 1.05 bits per heavy atom. The Balaban J connectivity index is 0.00000133. The predicted octanol–water partition coefficient (Wildman–Crippen LogP) is 4.61. The van der Waals surface area contributed by atoms with Gasteiger partial charge in [-0.05, 0) is 80.6 Å². The van der Waals surface area contributed by atoms with Crippen molar-refractivity contribution in [3.05, 3.63) is 34.3 Å². The molecule has 3 aliphatic rings. The van der Waals surface area contributed by atoms with E-state index in [9.17, 15) is 0 Å². The summed E-state index contributed by atoms with van der Waals surface area (Å²) in [6, 6.07) is 9.07. The minimum Gasteiger partial charge on any atom is -0.319 e. The zero-order valence-electron chi connectivity index (χ0n) is 11.4. The van der Waals surface area contributed by atoms with Crippen LogP contribution < -0.4 is 5.32 Å². The van der Waals surface area contributed by atoms with Crippen molar-refractivity contribution in [1.82, 2.24) is 5.32 Å².